The zero-order chi connectivity index (χ0) is 13.3. The molecule has 0 atom stereocenters. The number of methoxy groups -OCH3 is 1. The molecule has 18 heavy (non-hydrogen) atoms. The van der Waals surface area contributed by atoms with Crippen LogP contribution in [0.1, 0.15) is 10.5 Å². The van der Waals surface area contributed by atoms with Crippen LogP contribution in [0.5, 0.6) is 0 Å². The van der Waals surface area contributed by atoms with Gasteiger partial charge in [0.1, 0.15) is 10.0 Å². The van der Waals surface area contributed by atoms with E-state index in [1.54, 1.807) is 0 Å². The second-order valence-electron chi connectivity index (χ2n) is 3.32. The molecule has 0 aliphatic carbocycles. The molecule has 0 amide bonds. The van der Waals surface area contributed by atoms with Crippen molar-refractivity contribution in [2.24, 2.45) is 0 Å². The van der Waals surface area contributed by atoms with E-state index in [4.69, 9.17) is 5.73 Å². The number of nitrogens with two attached hydrogens (primary N) is 1. The lowest BCUT2D eigenvalue weighted by atomic mass is 10.2. The summed E-state index contributed by atoms with van der Waals surface area (Å²) in [5.41, 5.74) is 5.45. The first-order valence-electron chi connectivity index (χ1n) is 4.83. The van der Waals surface area contributed by atoms with Crippen LogP contribution in [0.3, 0.4) is 0 Å². The summed E-state index contributed by atoms with van der Waals surface area (Å²) in [5, 5.41) is 0.227. The van der Waals surface area contributed by atoms with Crippen LogP contribution in [0.15, 0.2) is 18.2 Å². The molecule has 0 radical (unpaired) electrons. The molecule has 0 unspecified atom stereocenters. The maximum Gasteiger partial charge on any atom is 0.359 e. The second kappa shape index (κ2) is 4.69. The normalized spacial score (nSPS) is 10.4. The number of halogens is 2. The molecule has 0 spiro atoms. The highest BCUT2D eigenvalue weighted by molar-refractivity contribution is 7.19. The van der Waals surface area contributed by atoms with Crippen LogP contribution in [0.2, 0.25) is 0 Å². The highest BCUT2D eigenvalue weighted by Crippen LogP contribution is 2.32. The lowest BCUT2D eigenvalue weighted by Gasteiger charge is -1.98. The van der Waals surface area contributed by atoms with Crippen LogP contribution < -0.4 is 5.73 Å². The number of thiazole rings is 1. The number of carbonyl (C=O) groups is 1. The van der Waals surface area contributed by atoms with E-state index in [1.807, 2.05) is 0 Å². The van der Waals surface area contributed by atoms with Gasteiger partial charge in [0.05, 0.1) is 7.11 Å². The summed E-state index contributed by atoms with van der Waals surface area (Å²) in [6.07, 6.45) is 0. The fourth-order valence-electron chi connectivity index (χ4n) is 1.36. The summed E-state index contributed by atoms with van der Waals surface area (Å²) in [6.45, 7) is 0. The number of hydrogen-bond donors (Lipinski definition) is 1. The van der Waals surface area contributed by atoms with Gasteiger partial charge >= 0.3 is 5.97 Å². The Labute approximate surface area is 105 Å². The molecule has 1 heterocycles. The van der Waals surface area contributed by atoms with Gasteiger partial charge in [-0.15, -0.1) is 0 Å². The molecule has 0 bridgehead atoms. The van der Waals surface area contributed by atoms with Crippen LogP contribution in [0.25, 0.3) is 10.6 Å². The molecule has 0 aliphatic heterocycles. The Morgan fingerprint density at radius 1 is 1.44 bits per heavy atom. The minimum atomic E-state index is -1.03. The summed E-state index contributed by atoms with van der Waals surface area (Å²) in [5.74, 6) is -2.73. The van der Waals surface area contributed by atoms with Crippen molar-refractivity contribution in [2.45, 2.75) is 0 Å². The van der Waals surface area contributed by atoms with Crippen molar-refractivity contribution in [3.05, 3.63) is 35.5 Å². The molecule has 4 nitrogen and oxygen atoms in total. The van der Waals surface area contributed by atoms with Gasteiger partial charge in [0, 0.05) is 5.56 Å². The Hall–Kier alpha value is -2.02. The number of hydrogen-bond acceptors (Lipinski definition) is 5. The molecule has 0 saturated carbocycles. The van der Waals surface area contributed by atoms with Crippen molar-refractivity contribution in [1.82, 2.24) is 4.98 Å². The average molecular weight is 270 g/mol. The third kappa shape index (κ3) is 2.04. The molecule has 1 aromatic carbocycles. The van der Waals surface area contributed by atoms with E-state index >= 15 is 0 Å². The van der Waals surface area contributed by atoms with Gasteiger partial charge in [-0.05, 0) is 12.1 Å². The number of nitrogens with zero attached hydrogens (tertiary/aromatic N) is 1. The Bertz CT molecular complexity index is 613. The number of ether oxygens (including phenoxy) is 1. The molecule has 2 aromatic rings. The van der Waals surface area contributed by atoms with E-state index in [9.17, 15) is 13.6 Å². The number of nitrogen functional groups attached to an aromatic ring is 1. The molecule has 0 fully saturated rings. The van der Waals surface area contributed by atoms with E-state index in [-0.39, 0.29) is 21.3 Å². The third-order valence-corrected chi connectivity index (χ3v) is 3.13. The first-order chi connectivity index (χ1) is 8.54. The standard InChI is InChI=1S/C11H8F2N2O2S/c1-17-11(16)8-9(14)18-10(15-8)5-3-2-4-6(12)7(5)13/h2-4H,14H2,1H3. The summed E-state index contributed by atoms with van der Waals surface area (Å²) in [7, 11) is 1.18. The SMILES string of the molecule is COC(=O)c1nc(-c2cccc(F)c2F)sc1N. The molecule has 2 rings (SSSR count). The highest BCUT2D eigenvalue weighted by atomic mass is 32.1. The van der Waals surface area contributed by atoms with Crippen LogP contribution in [-0.2, 0) is 4.74 Å². The van der Waals surface area contributed by atoms with Crippen molar-refractivity contribution in [2.75, 3.05) is 12.8 Å². The van der Waals surface area contributed by atoms with Gasteiger partial charge in [-0.2, -0.15) is 0 Å². The number of anilines is 1. The van der Waals surface area contributed by atoms with Crippen LogP contribution in [0.4, 0.5) is 13.8 Å². The first kappa shape index (κ1) is 12.4. The summed E-state index contributed by atoms with van der Waals surface area (Å²) < 4.78 is 31.1. The summed E-state index contributed by atoms with van der Waals surface area (Å²) >= 11 is 0.893. The zero-order valence-corrected chi connectivity index (χ0v) is 10.1. The number of rotatable bonds is 2. The van der Waals surface area contributed by atoms with Gasteiger partial charge in [0.2, 0.25) is 0 Å². The maximum absolute atomic E-state index is 13.5. The highest BCUT2D eigenvalue weighted by Gasteiger charge is 2.20. The second-order valence-corrected chi connectivity index (χ2v) is 4.36. The van der Waals surface area contributed by atoms with Crippen LogP contribution >= 0.6 is 11.3 Å². The maximum atomic E-state index is 13.5. The summed E-state index contributed by atoms with van der Waals surface area (Å²) in [6, 6.07) is 3.71. The minimum Gasteiger partial charge on any atom is -0.464 e. The smallest absolute Gasteiger partial charge is 0.359 e. The minimum absolute atomic E-state index is 0.0400. The fourth-order valence-corrected chi connectivity index (χ4v) is 2.20. The Balaban J connectivity index is 2.53. The first-order valence-corrected chi connectivity index (χ1v) is 5.65. The monoisotopic (exact) mass is 270 g/mol. The van der Waals surface area contributed by atoms with Gasteiger partial charge in [0.25, 0.3) is 0 Å². The van der Waals surface area contributed by atoms with Gasteiger partial charge in [-0.25, -0.2) is 18.6 Å². The fraction of sp³-hybridized carbons (Fsp3) is 0.0909. The molecule has 2 N–H and O–H groups in total. The van der Waals surface area contributed by atoms with Gasteiger partial charge in [-0.3, -0.25) is 0 Å². The topological polar surface area (TPSA) is 65.2 Å². The van der Waals surface area contributed by atoms with Crippen molar-refractivity contribution in [1.29, 1.82) is 0 Å². The lowest BCUT2D eigenvalue weighted by Crippen LogP contribution is -2.04. The molecule has 1 aromatic heterocycles. The van der Waals surface area contributed by atoms with E-state index in [2.05, 4.69) is 9.72 Å². The van der Waals surface area contributed by atoms with Gasteiger partial charge in [0.15, 0.2) is 17.3 Å². The average Bonchev–Trinajstić information content (AvgIpc) is 2.73. The molecule has 0 saturated heterocycles. The Morgan fingerprint density at radius 2 is 2.17 bits per heavy atom. The van der Waals surface area contributed by atoms with Gasteiger partial charge < -0.3 is 10.5 Å². The lowest BCUT2D eigenvalue weighted by molar-refractivity contribution is 0.0596. The Kier molecular flexibility index (Phi) is 3.24. The molecule has 7 heteroatoms. The number of benzene rings is 1. The quantitative estimate of drug-likeness (QED) is 0.851. The third-order valence-electron chi connectivity index (χ3n) is 2.21. The predicted molar refractivity (Wildman–Crippen MR) is 63.2 cm³/mol. The van der Waals surface area contributed by atoms with Crippen LogP contribution in [-0.4, -0.2) is 18.1 Å². The Morgan fingerprint density at radius 3 is 2.83 bits per heavy atom. The van der Waals surface area contributed by atoms with Crippen LogP contribution in [0, 0.1) is 11.6 Å². The molecular formula is C11H8F2N2O2S. The molecule has 0 aliphatic rings. The predicted octanol–water partition coefficient (Wildman–Crippen LogP) is 2.46. The van der Waals surface area contributed by atoms with E-state index in [1.165, 1.54) is 19.2 Å². The zero-order valence-electron chi connectivity index (χ0n) is 9.24. The van der Waals surface area contributed by atoms with Crippen molar-refractivity contribution >= 4 is 22.3 Å². The van der Waals surface area contributed by atoms with Crippen molar-refractivity contribution in [3.63, 3.8) is 0 Å². The number of aromatic nitrogens is 1. The largest absolute Gasteiger partial charge is 0.464 e. The number of esters is 1. The van der Waals surface area contributed by atoms with Gasteiger partial charge in [-0.1, -0.05) is 17.4 Å². The van der Waals surface area contributed by atoms with E-state index in [0.717, 1.165) is 17.4 Å². The summed E-state index contributed by atoms with van der Waals surface area (Å²) in [4.78, 5) is 15.2. The van der Waals surface area contributed by atoms with Crippen molar-refractivity contribution in [3.8, 4) is 10.6 Å². The van der Waals surface area contributed by atoms with Crippen molar-refractivity contribution < 1.29 is 18.3 Å². The van der Waals surface area contributed by atoms with E-state index < -0.39 is 17.6 Å². The van der Waals surface area contributed by atoms with E-state index in [0.29, 0.717) is 0 Å². The molecular weight excluding hydrogens is 262 g/mol. The number of carbonyl (C=O) groups excluding carboxylic acids is 1. The molecule has 94 valence electrons.